The normalized spacial score (nSPS) is 13.2. The molecule has 160 valence electrons. The summed E-state index contributed by atoms with van der Waals surface area (Å²) in [5.74, 6) is -0.363. The third kappa shape index (κ3) is 6.48. The Morgan fingerprint density at radius 3 is 2.07 bits per heavy atom. The lowest BCUT2D eigenvalue weighted by Crippen LogP contribution is -2.01. The second-order valence-corrected chi connectivity index (χ2v) is 7.87. The Morgan fingerprint density at radius 2 is 1.47 bits per heavy atom. The fraction of sp³-hybridized carbons (Fsp3) is 0.304. The molecule has 0 heterocycles. The Labute approximate surface area is 189 Å². The molecule has 6 nitrogen and oxygen atoms in total. The molecule has 2 N–H and O–H groups in total. The number of hydrogen-bond donors (Lipinski definition) is 2. The second kappa shape index (κ2) is 11.6. The maximum Gasteiger partial charge on any atom is 0.337 e. The van der Waals surface area contributed by atoms with Gasteiger partial charge < -0.3 is 19.7 Å². The summed E-state index contributed by atoms with van der Waals surface area (Å²) in [6.07, 6.45) is 7.71. The average molecular weight is 524 g/mol. The number of halogens is 1. The number of carbonyl (C=O) groups is 2. The molecular formula is C23H25IO6. The van der Waals surface area contributed by atoms with Crippen molar-refractivity contribution in [2.24, 2.45) is 0 Å². The zero-order valence-electron chi connectivity index (χ0n) is 17.0. The minimum absolute atomic E-state index is 0.170. The summed E-state index contributed by atoms with van der Waals surface area (Å²) in [5, 5.41) is 19.1. The molecule has 0 saturated carbocycles. The summed E-state index contributed by atoms with van der Waals surface area (Å²) >= 11 is 1.94. The fourth-order valence-corrected chi connectivity index (χ4v) is 3.56. The molecule has 3 rings (SSSR count). The van der Waals surface area contributed by atoms with Crippen LogP contribution in [0.4, 0.5) is 0 Å². The van der Waals surface area contributed by atoms with Gasteiger partial charge in [0.1, 0.15) is 11.5 Å². The molecule has 0 radical (unpaired) electrons. The molecule has 0 atom stereocenters. The van der Waals surface area contributed by atoms with Crippen molar-refractivity contribution in [1.29, 1.82) is 0 Å². The summed E-state index contributed by atoms with van der Waals surface area (Å²) in [4.78, 5) is 22.5. The van der Waals surface area contributed by atoms with Crippen LogP contribution in [0.1, 0.15) is 58.4 Å². The smallest absolute Gasteiger partial charge is 0.337 e. The Kier molecular flexibility index (Phi) is 9.16. The van der Waals surface area contributed by atoms with Gasteiger partial charge in [0.05, 0.1) is 28.9 Å². The van der Waals surface area contributed by atoms with Crippen LogP contribution >= 0.6 is 22.6 Å². The molecule has 0 unspecified atom stereocenters. The van der Waals surface area contributed by atoms with E-state index in [0.29, 0.717) is 14.7 Å². The van der Waals surface area contributed by atoms with Gasteiger partial charge in [-0.3, -0.25) is 0 Å². The number of hydrogen-bond acceptors (Lipinski definition) is 6. The minimum Gasteiger partial charge on any atom is -0.507 e. The molecule has 0 saturated heterocycles. The largest absolute Gasteiger partial charge is 0.507 e. The van der Waals surface area contributed by atoms with Crippen molar-refractivity contribution in [2.75, 3.05) is 14.2 Å². The highest BCUT2D eigenvalue weighted by molar-refractivity contribution is 14.1. The van der Waals surface area contributed by atoms with Gasteiger partial charge in [-0.15, -0.1) is 0 Å². The molecular weight excluding hydrogens is 499 g/mol. The maximum atomic E-state index is 11.5. The first-order valence-electron chi connectivity index (χ1n) is 9.55. The highest BCUT2D eigenvalue weighted by Crippen LogP contribution is 2.32. The molecule has 1 aliphatic carbocycles. The van der Waals surface area contributed by atoms with E-state index >= 15 is 0 Å². The van der Waals surface area contributed by atoms with E-state index in [4.69, 9.17) is 9.84 Å². The number of allylic oxidation sites excluding steroid dienone is 2. The molecule has 0 amide bonds. The highest BCUT2D eigenvalue weighted by atomic mass is 127. The second-order valence-electron chi connectivity index (χ2n) is 6.71. The molecule has 0 fully saturated rings. The van der Waals surface area contributed by atoms with E-state index in [9.17, 15) is 14.7 Å². The molecule has 7 heteroatoms. The SMILES string of the molecule is COC(=O)c1ccc(O)c(C2=CCCCCC2)c1.COC(=O)c1ccc(O)c(I)c1. The maximum absolute atomic E-state index is 11.5. The standard InChI is InChI=1S/C15H18O3.C8H7IO3/c1-18-15(17)12-8-9-14(16)13(10-12)11-6-4-2-3-5-7-11;1-12-8(11)5-2-3-7(10)6(9)4-5/h6,8-10,16H,2-5,7H2,1H3;2-4,10H,1H3. The Hall–Kier alpha value is -2.55. The molecule has 0 aliphatic heterocycles. The predicted molar refractivity (Wildman–Crippen MR) is 123 cm³/mol. The topological polar surface area (TPSA) is 93.1 Å². The molecule has 30 heavy (non-hydrogen) atoms. The Morgan fingerprint density at radius 1 is 0.867 bits per heavy atom. The van der Waals surface area contributed by atoms with Crippen LogP contribution in [-0.4, -0.2) is 36.4 Å². The van der Waals surface area contributed by atoms with E-state index in [-0.39, 0.29) is 17.5 Å². The van der Waals surface area contributed by atoms with Gasteiger partial charge in [-0.1, -0.05) is 12.5 Å². The number of carbonyl (C=O) groups excluding carboxylic acids is 2. The van der Waals surface area contributed by atoms with Gasteiger partial charge in [-0.05, 0) is 90.2 Å². The molecule has 0 spiro atoms. The number of methoxy groups -OCH3 is 2. The van der Waals surface area contributed by atoms with Crippen molar-refractivity contribution < 1.29 is 29.3 Å². The average Bonchev–Trinajstić information content (AvgIpc) is 3.05. The van der Waals surface area contributed by atoms with Crippen LogP contribution < -0.4 is 0 Å². The lowest BCUT2D eigenvalue weighted by atomic mass is 9.98. The van der Waals surface area contributed by atoms with Crippen LogP contribution in [-0.2, 0) is 9.47 Å². The van der Waals surface area contributed by atoms with E-state index in [1.165, 1.54) is 39.2 Å². The van der Waals surface area contributed by atoms with Crippen molar-refractivity contribution in [3.63, 3.8) is 0 Å². The van der Waals surface area contributed by atoms with Crippen LogP contribution in [0.15, 0.2) is 42.5 Å². The Balaban J connectivity index is 0.000000232. The zero-order valence-corrected chi connectivity index (χ0v) is 19.1. The molecule has 1 aliphatic rings. The summed E-state index contributed by atoms with van der Waals surface area (Å²) in [6.45, 7) is 0. The van der Waals surface area contributed by atoms with E-state index in [0.717, 1.165) is 30.4 Å². The van der Waals surface area contributed by atoms with Gasteiger partial charge in [0, 0.05) is 5.56 Å². The minimum atomic E-state index is -0.395. The van der Waals surface area contributed by atoms with Crippen molar-refractivity contribution >= 4 is 40.1 Å². The van der Waals surface area contributed by atoms with Crippen LogP contribution in [0.3, 0.4) is 0 Å². The van der Waals surface area contributed by atoms with Crippen LogP contribution in [0, 0.1) is 3.57 Å². The van der Waals surface area contributed by atoms with Crippen molar-refractivity contribution in [3.05, 3.63) is 62.7 Å². The molecule has 2 aromatic rings. The van der Waals surface area contributed by atoms with Crippen LogP contribution in [0.5, 0.6) is 11.5 Å². The monoisotopic (exact) mass is 524 g/mol. The first-order valence-corrected chi connectivity index (χ1v) is 10.6. The van der Waals surface area contributed by atoms with Gasteiger partial charge >= 0.3 is 11.9 Å². The number of ether oxygens (including phenoxy) is 2. The third-order valence-corrected chi connectivity index (χ3v) is 5.54. The predicted octanol–water partition coefficient (Wildman–Crippen LogP) is 5.31. The van der Waals surface area contributed by atoms with Gasteiger partial charge in [0.15, 0.2) is 0 Å². The quantitative estimate of drug-likeness (QED) is 0.418. The van der Waals surface area contributed by atoms with Gasteiger partial charge in [0.2, 0.25) is 0 Å². The van der Waals surface area contributed by atoms with Crippen LogP contribution in [0.25, 0.3) is 5.57 Å². The van der Waals surface area contributed by atoms with Gasteiger partial charge in [-0.25, -0.2) is 9.59 Å². The van der Waals surface area contributed by atoms with Gasteiger partial charge in [-0.2, -0.15) is 0 Å². The number of rotatable bonds is 3. The summed E-state index contributed by atoms with van der Waals surface area (Å²) in [6, 6.07) is 9.42. The first-order chi connectivity index (χ1) is 14.4. The van der Waals surface area contributed by atoms with E-state index < -0.39 is 5.97 Å². The van der Waals surface area contributed by atoms with Crippen molar-refractivity contribution in [3.8, 4) is 11.5 Å². The zero-order chi connectivity index (χ0) is 22.1. The summed E-state index contributed by atoms with van der Waals surface area (Å²) < 4.78 is 9.85. The van der Waals surface area contributed by atoms with E-state index in [2.05, 4.69) is 10.8 Å². The first kappa shape index (κ1) is 23.7. The summed E-state index contributed by atoms with van der Waals surface area (Å²) in [5.41, 5.74) is 2.82. The molecule has 0 aromatic heterocycles. The third-order valence-electron chi connectivity index (χ3n) is 4.67. The number of phenolic OH excluding ortho intramolecular Hbond substituents is 2. The van der Waals surface area contributed by atoms with Crippen LogP contribution in [0.2, 0.25) is 0 Å². The lowest BCUT2D eigenvalue weighted by Gasteiger charge is -2.10. The number of aromatic hydroxyl groups is 2. The highest BCUT2D eigenvalue weighted by Gasteiger charge is 2.13. The Bertz CT molecular complexity index is 935. The fourth-order valence-electron chi connectivity index (χ4n) is 3.05. The van der Waals surface area contributed by atoms with Crippen molar-refractivity contribution in [1.82, 2.24) is 0 Å². The van der Waals surface area contributed by atoms with E-state index in [1.54, 1.807) is 24.3 Å². The van der Waals surface area contributed by atoms with E-state index in [1.807, 2.05) is 22.6 Å². The number of esters is 2. The van der Waals surface area contributed by atoms with Crippen molar-refractivity contribution in [2.45, 2.75) is 32.1 Å². The number of phenols is 2. The summed E-state index contributed by atoms with van der Waals surface area (Å²) in [7, 11) is 2.68. The molecule has 0 bridgehead atoms. The number of benzene rings is 2. The molecule has 2 aromatic carbocycles. The van der Waals surface area contributed by atoms with Gasteiger partial charge in [0.25, 0.3) is 0 Å². The lowest BCUT2D eigenvalue weighted by molar-refractivity contribution is 0.0591.